The fraction of sp³-hybridized carbons (Fsp3) is 0.615. The molecule has 1 aliphatic rings. The van der Waals surface area contributed by atoms with Crippen LogP contribution in [0.3, 0.4) is 0 Å². The summed E-state index contributed by atoms with van der Waals surface area (Å²) >= 11 is 0. The Morgan fingerprint density at radius 1 is 1.39 bits per heavy atom. The third-order valence-corrected chi connectivity index (χ3v) is 3.62. The van der Waals surface area contributed by atoms with Crippen LogP contribution in [0.1, 0.15) is 6.92 Å². The molecule has 1 aliphatic heterocycles. The molecule has 2 N–H and O–H groups in total. The van der Waals surface area contributed by atoms with E-state index in [1.807, 2.05) is 6.07 Å². The van der Waals surface area contributed by atoms with E-state index in [-0.39, 0.29) is 0 Å². The Bertz CT molecular complexity index is 421. The summed E-state index contributed by atoms with van der Waals surface area (Å²) in [6.45, 7) is 4.20. The van der Waals surface area contributed by atoms with Gasteiger partial charge in [-0.3, -0.25) is 0 Å². The summed E-state index contributed by atoms with van der Waals surface area (Å²) in [6.07, 6.45) is 0. The Labute approximate surface area is 109 Å². The third kappa shape index (κ3) is 2.36. The van der Waals surface area contributed by atoms with Gasteiger partial charge in [-0.05, 0) is 26.1 Å². The van der Waals surface area contributed by atoms with Gasteiger partial charge in [0.25, 0.3) is 0 Å². The molecule has 1 fully saturated rings. The molecule has 0 saturated carbocycles. The average molecular weight is 250 g/mol. The summed E-state index contributed by atoms with van der Waals surface area (Å²) < 4.78 is 5.17. The molecule has 2 atom stereocenters. The van der Waals surface area contributed by atoms with Crippen LogP contribution >= 0.6 is 0 Å². The lowest BCUT2D eigenvalue weighted by molar-refractivity contribution is 0.266. The molecule has 0 spiro atoms. The maximum absolute atomic E-state index is 6.02. The minimum absolute atomic E-state index is 0.539. The zero-order valence-corrected chi connectivity index (χ0v) is 11.6. The highest BCUT2D eigenvalue weighted by molar-refractivity contribution is 5.64. The fourth-order valence-electron chi connectivity index (χ4n) is 2.60. The Balaban J connectivity index is 2.23. The lowest BCUT2D eigenvalue weighted by atomic mass is 10.1. The monoisotopic (exact) mass is 250 g/mol. The average Bonchev–Trinajstić information content (AvgIpc) is 2.72. The molecule has 0 aliphatic carbocycles. The molecule has 0 aromatic carbocycles. The van der Waals surface area contributed by atoms with Crippen molar-refractivity contribution in [3.05, 3.63) is 12.1 Å². The van der Waals surface area contributed by atoms with Crippen molar-refractivity contribution < 1.29 is 4.74 Å². The van der Waals surface area contributed by atoms with E-state index in [2.05, 4.69) is 35.8 Å². The molecule has 0 bridgehead atoms. The highest BCUT2D eigenvalue weighted by atomic mass is 16.5. The number of hydrogen-bond acceptors (Lipinski definition) is 5. The van der Waals surface area contributed by atoms with Crippen molar-refractivity contribution in [1.82, 2.24) is 9.88 Å². The molecule has 5 heteroatoms. The van der Waals surface area contributed by atoms with Gasteiger partial charge in [0.2, 0.25) is 5.88 Å². The lowest BCUT2D eigenvalue weighted by Gasteiger charge is -2.23. The van der Waals surface area contributed by atoms with E-state index in [1.54, 1.807) is 13.2 Å². The first-order chi connectivity index (χ1) is 8.52. The van der Waals surface area contributed by atoms with E-state index in [4.69, 9.17) is 10.5 Å². The summed E-state index contributed by atoms with van der Waals surface area (Å²) in [5, 5.41) is 0. The molecule has 5 nitrogen and oxygen atoms in total. The Morgan fingerprint density at radius 3 is 2.67 bits per heavy atom. The number of hydrogen-bond donors (Lipinski definition) is 1. The first kappa shape index (κ1) is 13.0. The second-order valence-electron chi connectivity index (χ2n) is 5.18. The van der Waals surface area contributed by atoms with E-state index in [0.717, 1.165) is 18.9 Å². The number of nitrogen functional groups attached to an aromatic ring is 1. The SMILES string of the molecule is COc1ccc(N)c(N2CC(C)C(N(C)C)C2)n1. The summed E-state index contributed by atoms with van der Waals surface area (Å²) in [5.41, 5.74) is 6.73. The van der Waals surface area contributed by atoms with Crippen LogP contribution in [0.4, 0.5) is 11.5 Å². The van der Waals surface area contributed by atoms with Crippen LogP contribution in [0.5, 0.6) is 5.88 Å². The second kappa shape index (κ2) is 5.02. The number of nitrogens with zero attached hydrogens (tertiary/aromatic N) is 3. The fourth-order valence-corrected chi connectivity index (χ4v) is 2.60. The number of ether oxygens (including phenoxy) is 1. The molecular formula is C13H22N4O. The molecule has 100 valence electrons. The summed E-state index contributed by atoms with van der Waals surface area (Å²) in [5.74, 6) is 2.05. The van der Waals surface area contributed by atoms with Gasteiger partial charge in [-0.2, -0.15) is 4.98 Å². The highest BCUT2D eigenvalue weighted by Crippen LogP contribution is 2.30. The minimum Gasteiger partial charge on any atom is -0.481 e. The van der Waals surface area contributed by atoms with Crippen molar-refractivity contribution in [2.24, 2.45) is 5.92 Å². The maximum Gasteiger partial charge on any atom is 0.215 e. The van der Waals surface area contributed by atoms with E-state index >= 15 is 0 Å². The number of rotatable bonds is 3. The van der Waals surface area contributed by atoms with Gasteiger partial charge in [-0.15, -0.1) is 0 Å². The van der Waals surface area contributed by atoms with Crippen LogP contribution in [-0.2, 0) is 0 Å². The first-order valence-electron chi connectivity index (χ1n) is 6.24. The molecule has 0 amide bonds. The molecule has 1 saturated heterocycles. The van der Waals surface area contributed by atoms with Gasteiger partial charge in [0.05, 0.1) is 12.8 Å². The number of aromatic nitrogens is 1. The molecular weight excluding hydrogens is 228 g/mol. The Kier molecular flexibility index (Phi) is 3.61. The standard InChI is InChI=1S/C13H22N4O/c1-9-7-17(8-11(9)16(2)3)13-10(14)5-6-12(15-13)18-4/h5-6,9,11H,7-8,14H2,1-4H3. The zero-order valence-electron chi connectivity index (χ0n) is 11.6. The van der Waals surface area contributed by atoms with Gasteiger partial charge >= 0.3 is 0 Å². The van der Waals surface area contributed by atoms with E-state index in [1.165, 1.54) is 0 Å². The predicted octanol–water partition coefficient (Wildman–Crippen LogP) is 1.06. The predicted molar refractivity (Wildman–Crippen MR) is 74.1 cm³/mol. The van der Waals surface area contributed by atoms with Crippen LogP contribution in [0, 0.1) is 5.92 Å². The zero-order chi connectivity index (χ0) is 13.3. The normalized spacial score (nSPS) is 23.7. The highest BCUT2D eigenvalue weighted by Gasteiger charge is 2.32. The Morgan fingerprint density at radius 2 is 2.11 bits per heavy atom. The number of anilines is 2. The van der Waals surface area contributed by atoms with Gasteiger partial charge in [-0.1, -0.05) is 6.92 Å². The van der Waals surface area contributed by atoms with Gasteiger partial charge in [0.1, 0.15) is 0 Å². The molecule has 2 unspecified atom stereocenters. The first-order valence-corrected chi connectivity index (χ1v) is 6.24. The van der Waals surface area contributed by atoms with E-state index in [9.17, 15) is 0 Å². The lowest BCUT2D eigenvalue weighted by Crippen LogP contribution is -2.34. The number of pyridine rings is 1. The van der Waals surface area contributed by atoms with Gasteiger partial charge < -0.3 is 20.3 Å². The van der Waals surface area contributed by atoms with Crippen molar-refractivity contribution in [3.8, 4) is 5.88 Å². The molecule has 2 rings (SSSR count). The van der Waals surface area contributed by atoms with E-state index in [0.29, 0.717) is 23.5 Å². The number of nitrogens with two attached hydrogens (primary N) is 1. The number of methoxy groups -OCH3 is 1. The van der Waals surface area contributed by atoms with Gasteiger partial charge in [0, 0.05) is 25.2 Å². The van der Waals surface area contributed by atoms with Crippen LogP contribution < -0.4 is 15.4 Å². The third-order valence-electron chi connectivity index (χ3n) is 3.62. The van der Waals surface area contributed by atoms with Gasteiger partial charge in [0.15, 0.2) is 5.82 Å². The van der Waals surface area contributed by atoms with Crippen molar-refractivity contribution in [3.63, 3.8) is 0 Å². The van der Waals surface area contributed by atoms with Crippen molar-refractivity contribution in [1.29, 1.82) is 0 Å². The van der Waals surface area contributed by atoms with Crippen molar-refractivity contribution >= 4 is 11.5 Å². The maximum atomic E-state index is 6.02. The number of likely N-dealkylation sites (N-methyl/N-ethyl adjacent to an activating group) is 1. The minimum atomic E-state index is 0.539. The Hall–Kier alpha value is -1.49. The van der Waals surface area contributed by atoms with Gasteiger partial charge in [-0.25, -0.2) is 0 Å². The smallest absolute Gasteiger partial charge is 0.215 e. The van der Waals surface area contributed by atoms with Crippen LogP contribution in [0.15, 0.2) is 12.1 Å². The van der Waals surface area contributed by atoms with Crippen molar-refractivity contribution in [2.75, 3.05) is 44.9 Å². The van der Waals surface area contributed by atoms with Crippen LogP contribution in [0.25, 0.3) is 0 Å². The van der Waals surface area contributed by atoms with Crippen LogP contribution in [0.2, 0.25) is 0 Å². The summed E-state index contributed by atoms with van der Waals surface area (Å²) in [4.78, 5) is 8.97. The quantitative estimate of drug-likeness (QED) is 0.869. The summed E-state index contributed by atoms with van der Waals surface area (Å²) in [7, 11) is 5.86. The topological polar surface area (TPSA) is 54.6 Å². The second-order valence-corrected chi connectivity index (χ2v) is 5.18. The molecule has 1 aromatic heterocycles. The molecule has 1 aromatic rings. The largest absolute Gasteiger partial charge is 0.481 e. The molecule has 2 heterocycles. The molecule has 0 radical (unpaired) electrons. The van der Waals surface area contributed by atoms with E-state index < -0.39 is 0 Å². The van der Waals surface area contributed by atoms with Crippen molar-refractivity contribution in [2.45, 2.75) is 13.0 Å². The summed E-state index contributed by atoms with van der Waals surface area (Å²) in [6, 6.07) is 4.19. The molecule has 18 heavy (non-hydrogen) atoms. The van der Waals surface area contributed by atoms with Crippen LogP contribution in [-0.4, -0.2) is 50.2 Å².